The molecule has 1 aliphatic rings. The Hall–Kier alpha value is -1.89. The second-order valence-corrected chi connectivity index (χ2v) is 8.80. The molecule has 0 aliphatic carbocycles. The molecule has 2 N–H and O–H groups in total. The molecule has 7 heteroatoms. The van der Waals surface area contributed by atoms with Crippen molar-refractivity contribution in [3.8, 4) is 5.69 Å². The number of halogens is 1. The number of carbonyl (C=O) groups is 1. The van der Waals surface area contributed by atoms with Crippen LogP contribution in [0.3, 0.4) is 0 Å². The van der Waals surface area contributed by atoms with Crippen LogP contribution in [0, 0.1) is 12.3 Å². The molecule has 1 aliphatic heterocycles. The Bertz CT molecular complexity index is 963. The summed E-state index contributed by atoms with van der Waals surface area (Å²) in [5.74, 6) is 0.102. The SMILES string of the molecule is Cc1nn(-c2ccccc2)c2sc(C(=O)N3CCC(N)C(C)(C)C3)cc12.Cl. The monoisotopic (exact) mass is 404 g/mol. The number of hydrogen-bond acceptors (Lipinski definition) is 4. The highest BCUT2D eigenvalue weighted by Gasteiger charge is 2.36. The van der Waals surface area contributed by atoms with Gasteiger partial charge in [-0.2, -0.15) is 5.10 Å². The zero-order valence-corrected chi connectivity index (χ0v) is 17.4. The van der Waals surface area contributed by atoms with Crippen LogP contribution < -0.4 is 5.73 Å². The van der Waals surface area contributed by atoms with Crippen LogP contribution in [0.15, 0.2) is 36.4 Å². The van der Waals surface area contributed by atoms with Crippen molar-refractivity contribution in [1.82, 2.24) is 14.7 Å². The van der Waals surface area contributed by atoms with Gasteiger partial charge in [0.15, 0.2) is 0 Å². The number of rotatable bonds is 2. The van der Waals surface area contributed by atoms with Gasteiger partial charge in [-0.25, -0.2) is 4.68 Å². The molecule has 1 aromatic carbocycles. The molecule has 2 aromatic heterocycles. The molecule has 0 bridgehead atoms. The van der Waals surface area contributed by atoms with Crippen molar-refractivity contribution in [3.05, 3.63) is 47.0 Å². The summed E-state index contributed by atoms with van der Waals surface area (Å²) in [7, 11) is 0. The van der Waals surface area contributed by atoms with Gasteiger partial charge in [0.25, 0.3) is 5.91 Å². The fraction of sp³-hybridized carbons (Fsp3) is 0.400. The number of thiophene rings is 1. The lowest BCUT2D eigenvalue weighted by molar-refractivity contribution is 0.0537. The van der Waals surface area contributed by atoms with E-state index in [0.29, 0.717) is 6.54 Å². The second-order valence-electron chi connectivity index (χ2n) is 7.77. The minimum Gasteiger partial charge on any atom is -0.337 e. The first-order valence-corrected chi connectivity index (χ1v) is 9.78. The molecule has 0 saturated carbocycles. The predicted octanol–water partition coefficient (Wildman–Crippen LogP) is 4.02. The highest BCUT2D eigenvalue weighted by Crippen LogP contribution is 2.33. The number of likely N-dealkylation sites (tertiary alicyclic amines) is 1. The average molecular weight is 405 g/mol. The van der Waals surface area contributed by atoms with Gasteiger partial charge >= 0.3 is 0 Å². The first kappa shape index (κ1) is 19.9. The van der Waals surface area contributed by atoms with E-state index in [2.05, 4.69) is 18.9 Å². The van der Waals surface area contributed by atoms with Gasteiger partial charge in [-0.3, -0.25) is 4.79 Å². The Kier molecular flexibility index (Phi) is 5.34. The molecule has 1 amide bonds. The third-order valence-electron chi connectivity index (χ3n) is 5.36. The van der Waals surface area contributed by atoms with Crippen LogP contribution in [0.2, 0.25) is 0 Å². The molecule has 5 nitrogen and oxygen atoms in total. The van der Waals surface area contributed by atoms with E-state index >= 15 is 0 Å². The highest BCUT2D eigenvalue weighted by atomic mass is 35.5. The minimum atomic E-state index is -0.0542. The fourth-order valence-corrected chi connectivity index (χ4v) is 4.75. The van der Waals surface area contributed by atoms with E-state index in [4.69, 9.17) is 5.73 Å². The Morgan fingerprint density at radius 3 is 2.67 bits per heavy atom. The molecule has 1 saturated heterocycles. The van der Waals surface area contributed by atoms with Crippen LogP contribution in [-0.4, -0.2) is 39.7 Å². The number of aromatic nitrogens is 2. The summed E-state index contributed by atoms with van der Waals surface area (Å²) in [6, 6.07) is 12.2. The van der Waals surface area contributed by atoms with Gasteiger partial charge in [0.2, 0.25) is 0 Å². The van der Waals surface area contributed by atoms with E-state index in [9.17, 15) is 4.79 Å². The van der Waals surface area contributed by atoms with Gasteiger partial charge in [0, 0.05) is 24.5 Å². The summed E-state index contributed by atoms with van der Waals surface area (Å²) in [4.78, 5) is 16.8. The number of carbonyl (C=O) groups excluding carboxylic acids is 1. The lowest BCUT2D eigenvalue weighted by Gasteiger charge is -2.42. The molecule has 1 atom stereocenters. The predicted molar refractivity (Wildman–Crippen MR) is 113 cm³/mol. The zero-order chi connectivity index (χ0) is 18.5. The lowest BCUT2D eigenvalue weighted by Crippen LogP contribution is -2.53. The summed E-state index contributed by atoms with van der Waals surface area (Å²) in [6.07, 6.45) is 0.848. The average Bonchev–Trinajstić information content (AvgIpc) is 3.18. The van der Waals surface area contributed by atoms with Gasteiger partial charge in [-0.05, 0) is 37.0 Å². The van der Waals surface area contributed by atoms with E-state index in [1.165, 1.54) is 11.3 Å². The van der Waals surface area contributed by atoms with Crippen molar-refractivity contribution in [2.45, 2.75) is 33.2 Å². The maximum atomic E-state index is 13.1. The van der Waals surface area contributed by atoms with Gasteiger partial charge in [0.1, 0.15) is 4.83 Å². The summed E-state index contributed by atoms with van der Waals surface area (Å²) in [6.45, 7) is 7.69. The van der Waals surface area contributed by atoms with Crippen molar-refractivity contribution in [2.24, 2.45) is 11.1 Å². The molecule has 144 valence electrons. The van der Waals surface area contributed by atoms with E-state index in [1.807, 2.05) is 52.9 Å². The maximum Gasteiger partial charge on any atom is 0.264 e. The molecule has 3 aromatic rings. The highest BCUT2D eigenvalue weighted by molar-refractivity contribution is 7.20. The first-order chi connectivity index (χ1) is 12.4. The number of fused-ring (bicyclic) bond motifs is 1. The molecular formula is C20H25ClN4OS. The molecular weight excluding hydrogens is 380 g/mol. The molecule has 1 fully saturated rings. The Morgan fingerprint density at radius 1 is 1.30 bits per heavy atom. The van der Waals surface area contributed by atoms with E-state index in [0.717, 1.165) is 39.4 Å². The van der Waals surface area contributed by atoms with Crippen molar-refractivity contribution in [3.63, 3.8) is 0 Å². The summed E-state index contributed by atoms with van der Waals surface area (Å²) >= 11 is 1.52. The Morgan fingerprint density at radius 2 is 2.00 bits per heavy atom. The van der Waals surface area contributed by atoms with Crippen molar-refractivity contribution >= 4 is 39.9 Å². The molecule has 0 spiro atoms. The number of amides is 1. The molecule has 4 rings (SSSR count). The Labute approximate surface area is 169 Å². The van der Waals surface area contributed by atoms with E-state index < -0.39 is 0 Å². The third-order valence-corrected chi connectivity index (χ3v) is 6.45. The fourth-order valence-electron chi connectivity index (χ4n) is 3.60. The molecule has 1 unspecified atom stereocenters. The summed E-state index contributed by atoms with van der Waals surface area (Å²) in [5, 5.41) is 5.70. The quantitative estimate of drug-likeness (QED) is 0.701. The van der Waals surface area contributed by atoms with Crippen molar-refractivity contribution in [1.29, 1.82) is 0 Å². The van der Waals surface area contributed by atoms with Crippen LogP contribution >= 0.6 is 23.7 Å². The van der Waals surface area contributed by atoms with Crippen LogP contribution in [0.4, 0.5) is 0 Å². The van der Waals surface area contributed by atoms with Gasteiger partial charge in [-0.1, -0.05) is 32.0 Å². The van der Waals surface area contributed by atoms with E-state index in [-0.39, 0.29) is 29.8 Å². The van der Waals surface area contributed by atoms with Crippen molar-refractivity contribution in [2.75, 3.05) is 13.1 Å². The minimum absolute atomic E-state index is 0. The standard InChI is InChI=1S/C20H24N4OS.ClH/c1-13-15-11-16(18(25)23-10-9-17(21)20(2,3)12-23)26-19(15)24(22-13)14-7-5-4-6-8-14;/h4-8,11,17H,9-10,12,21H2,1-3H3;1H. The first-order valence-electron chi connectivity index (χ1n) is 8.96. The number of para-hydroxylation sites is 1. The van der Waals surface area contributed by atoms with E-state index in [1.54, 1.807) is 0 Å². The number of hydrogen-bond donors (Lipinski definition) is 1. The maximum absolute atomic E-state index is 13.1. The van der Waals surface area contributed by atoms with Gasteiger partial charge < -0.3 is 10.6 Å². The van der Waals surface area contributed by atoms with Crippen LogP contribution in [0.25, 0.3) is 15.9 Å². The van der Waals surface area contributed by atoms with Gasteiger partial charge in [-0.15, -0.1) is 23.7 Å². The Balaban J connectivity index is 0.00000210. The topological polar surface area (TPSA) is 64.2 Å². The van der Waals surface area contributed by atoms with Gasteiger partial charge in [0.05, 0.1) is 16.3 Å². The van der Waals surface area contributed by atoms with Crippen LogP contribution in [0.1, 0.15) is 35.6 Å². The molecule has 27 heavy (non-hydrogen) atoms. The largest absolute Gasteiger partial charge is 0.337 e. The smallest absolute Gasteiger partial charge is 0.264 e. The van der Waals surface area contributed by atoms with Crippen molar-refractivity contribution < 1.29 is 4.79 Å². The number of nitrogens with two attached hydrogens (primary N) is 1. The lowest BCUT2D eigenvalue weighted by atomic mass is 9.79. The zero-order valence-electron chi connectivity index (χ0n) is 15.8. The number of nitrogens with zero attached hydrogens (tertiary/aromatic N) is 3. The number of aryl methyl sites for hydroxylation is 1. The summed E-state index contributed by atoms with van der Waals surface area (Å²) < 4.78 is 1.93. The number of benzene rings is 1. The third kappa shape index (κ3) is 3.49. The van der Waals surface area contributed by atoms with Crippen LogP contribution in [-0.2, 0) is 0 Å². The molecule has 0 radical (unpaired) electrons. The number of piperidine rings is 1. The van der Waals surface area contributed by atoms with Crippen LogP contribution in [0.5, 0.6) is 0 Å². The summed E-state index contributed by atoms with van der Waals surface area (Å²) in [5.41, 5.74) is 8.12. The molecule has 3 heterocycles. The second kappa shape index (κ2) is 7.26. The normalized spacial score (nSPS) is 19.1.